The van der Waals surface area contributed by atoms with E-state index in [1.807, 2.05) is 36.0 Å². The molecular weight excluding hydrogens is 294 g/mol. The zero-order chi connectivity index (χ0) is 13.0. The van der Waals surface area contributed by atoms with Gasteiger partial charge >= 0.3 is 0 Å². The number of hydrogen-bond donors (Lipinski definition) is 1. The van der Waals surface area contributed by atoms with Gasteiger partial charge in [-0.3, -0.25) is 0 Å². The third-order valence-corrected chi connectivity index (χ3v) is 3.58. The molecule has 5 heteroatoms. The van der Waals surface area contributed by atoms with Crippen molar-refractivity contribution >= 4 is 15.9 Å². The Hall–Kier alpha value is -1.33. The van der Waals surface area contributed by atoms with Crippen molar-refractivity contribution in [2.24, 2.45) is 7.05 Å². The standard InChI is InChI=1S/C13H16BrN3O/c1-17-11(9-16-13(17)14)8-15-7-10-5-3-4-6-12(10)18-2/h3-6,9,15H,7-8H2,1-2H3. The Morgan fingerprint density at radius 3 is 2.78 bits per heavy atom. The highest BCUT2D eigenvalue weighted by atomic mass is 79.9. The molecule has 1 N–H and O–H groups in total. The summed E-state index contributed by atoms with van der Waals surface area (Å²) < 4.78 is 8.16. The molecule has 0 aliphatic carbocycles. The molecule has 0 bridgehead atoms. The summed E-state index contributed by atoms with van der Waals surface area (Å²) in [5, 5.41) is 3.39. The van der Waals surface area contributed by atoms with Crippen LogP contribution in [-0.4, -0.2) is 16.7 Å². The van der Waals surface area contributed by atoms with E-state index in [1.165, 1.54) is 0 Å². The summed E-state index contributed by atoms with van der Waals surface area (Å²) in [5.74, 6) is 0.913. The smallest absolute Gasteiger partial charge is 0.177 e. The molecule has 0 aliphatic rings. The molecule has 0 atom stereocenters. The average molecular weight is 310 g/mol. The van der Waals surface area contributed by atoms with Crippen LogP contribution in [0.5, 0.6) is 5.75 Å². The van der Waals surface area contributed by atoms with E-state index in [-0.39, 0.29) is 0 Å². The van der Waals surface area contributed by atoms with Gasteiger partial charge in [0.05, 0.1) is 19.0 Å². The molecule has 0 amide bonds. The molecule has 0 saturated heterocycles. The number of rotatable bonds is 5. The van der Waals surface area contributed by atoms with Crippen molar-refractivity contribution in [3.05, 3.63) is 46.5 Å². The van der Waals surface area contributed by atoms with E-state index in [2.05, 4.69) is 32.3 Å². The largest absolute Gasteiger partial charge is 0.496 e. The first-order valence-electron chi connectivity index (χ1n) is 5.71. The Morgan fingerprint density at radius 1 is 1.33 bits per heavy atom. The van der Waals surface area contributed by atoms with Gasteiger partial charge in [0.15, 0.2) is 4.73 Å². The van der Waals surface area contributed by atoms with Crippen molar-refractivity contribution in [3.8, 4) is 5.75 Å². The lowest BCUT2D eigenvalue weighted by Gasteiger charge is -2.09. The third kappa shape index (κ3) is 2.91. The highest BCUT2D eigenvalue weighted by Gasteiger charge is 2.04. The van der Waals surface area contributed by atoms with Crippen LogP contribution < -0.4 is 10.1 Å². The first-order valence-corrected chi connectivity index (χ1v) is 6.50. The summed E-state index contributed by atoms with van der Waals surface area (Å²) in [4.78, 5) is 4.19. The molecule has 0 aliphatic heterocycles. The molecule has 1 aromatic heterocycles. The fraction of sp³-hybridized carbons (Fsp3) is 0.308. The average Bonchev–Trinajstić information content (AvgIpc) is 2.71. The van der Waals surface area contributed by atoms with E-state index in [1.54, 1.807) is 7.11 Å². The maximum absolute atomic E-state index is 5.31. The molecule has 0 unspecified atom stereocenters. The zero-order valence-corrected chi connectivity index (χ0v) is 12.1. The molecule has 0 spiro atoms. The number of para-hydroxylation sites is 1. The van der Waals surface area contributed by atoms with Gasteiger partial charge in [0.25, 0.3) is 0 Å². The van der Waals surface area contributed by atoms with Gasteiger partial charge in [0.2, 0.25) is 0 Å². The van der Waals surface area contributed by atoms with Gasteiger partial charge < -0.3 is 14.6 Å². The summed E-state index contributed by atoms with van der Waals surface area (Å²) in [5.41, 5.74) is 2.29. The van der Waals surface area contributed by atoms with Gasteiger partial charge in [0, 0.05) is 25.7 Å². The lowest BCUT2D eigenvalue weighted by Crippen LogP contribution is -2.15. The number of nitrogens with zero attached hydrogens (tertiary/aromatic N) is 2. The van der Waals surface area contributed by atoms with Crippen LogP contribution in [0, 0.1) is 0 Å². The molecule has 0 fully saturated rings. The summed E-state index contributed by atoms with van der Waals surface area (Å²) >= 11 is 3.38. The molecule has 96 valence electrons. The minimum Gasteiger partial charge on any atom is -0.496 e. The number of ether oxygens (including phenoxy) is 1. The number of hydrogen-bond acceptors (Lipinski definition) is 3. The van der Waals surface area contributed by atoms with Crippen molar-refractivity contribution in [2.75, 3.05) is 7.11 Å². The summed E-state index contributed by atoms with van der Waals surface area (Å²) in [6, 6.07) is 8.02. The molecule has 1 heterocycles. The molecule has 0 saturated carbocycles. The van der Waals surface area contributed by atoms with E-state index in [4.69, 9.17) is 4.74 Å². The molecular formula is C13H16BrN3O. The van der Waals surface area contributed by atoms with Crippen molar-refractivity contribution in [3.63, 3.8) is 0 Å². The van der Waals surface area contributed by atoms with Crippen LogP contribution in [0.15, 0.2) is 35.2 Å². The fourth-order valence-corrected chi connectivity index (χ4v) is 2.09. The molecule has 18 heavy (non-hydrogen) atoms. The van der Waals surface area contributed by atoms with E-state index in [0.717, 1.165) is 34.8 Å². The summed E-state index contributed by atoms with van der Waals surface area (Å²) in [7, 11) is 3.67. The quantitative estimate of drug-likeness (QED) is 0.922. The normalized spacial score (nSPS) is 10.6. The zero-order valence-electron chi connectivity index (χ0n) is 10.5. The fourth-order valence-electron chi connectivity index (χ4n) is 1.76. The Labute approximate surface area is 115 Å². The van der Waals surface area contributed by atoms with Crippen LogP contribution >= 0.6 is 15.9 Å². The van der Waals surface area contributed by atoms with Crippen LogP contribution in [-0.2, 0) is 20.1 Å². The molecule has 4 nitrogen and oxygen atoms in total. The molecule has 1 aromatic carbocycles. The first-order chi connectivity index (χ1) is 8.72. The van der Waals surface area contributed by atoms with E-state index < -0.39 is 0 Å². The lowest BCUT2D eigenvalue weighted by atomic mass is 10.2. The van der Waals surface area contributed by atoms with Gasteiger partial charge in [-0.25, -0.2) is 4.98 Å². The third-order valence-electron chi connectivity index (χ3n) is 2.84. The van der Waals surface area contributed by atoms with Crippen LogP contribution in [0.2, 0.25) is 0 Å². The van der Waals surface area contributed by atoms with Crippen LogP contribution in [0.1, 0.15) is 11.3 Å². The van der Waals surface area contributed by atoms with Gasteiger partial charge in [-0.15, -0.1) is 0 Å². The second-order valence-electron chi connectivity index (χ2n) is 3.99. The Bertz CT molecular complexity index is 525. The Kier molecular flexibility index (Phi) is 4.38. The van der Waals surface area contributed by atoms with Gasteiger partial charge in [-0.1, -0.05) is 18.2 Å². The SMILES string of the molecule is COc1ccccc1CNCc1cnc(Br)n1C. The van der Waals surface area contributed by atoms with Crippen molar-refractivity contribution in [2.45, 2.75) is 13.1 Å². The molecule has 2 rings (SSSR count). The van der Waals surface area contributed by atoms with Crippen LogP contribution in [0.25, 0.3) is 0 Å². The van der Waals surface area contributed by atoms with E-state index >= 15 is 0 Å². The minimum absolute atomic E-state index is 0.771. The molecule has 0 radical (unpaired) electrons. The van der Waals surface area contributed by atoms with Crippen molar-refractivity contribution in [1.82, 2.24) is 14.9 Å². The topological polar surface area (TPSA) is 39.1 Å². The summed E-state index contributed by atoms with van der Waals surface area (Å²) in [6.45, 7) is 1.54. The van der Waals surface area contributed by atoms with Crippen LogP contribution in [0.3, 0.4) is 0 Å². The van der Waals surface area contributed by atoms with Gasteiger partial charge in [-0.2, -0.15) is 0 Å². The number of methoxy groups -OCH3 is 1. The monoisotopic (exact) mass is 309 g/mol. The van der Waals surface area contributed by atoms with Crippen molar-refractivity contribution in [1.29, 1.82) is 0 Å². The van der Waals surface area contributed by atoms with Gasteiger partial charge in [-0.05, 0) is 22.0 Å². The number of aromatic nitrogens is 2. The summed E-state index contributed by atoms with van der Waals surface area (Å²) in [6.07, 6.45) is 1.86. The number of benzene rings is 1. The number of nitrogens with one attached hydrogen (secondary N) is 1. The molecule has 2 aromatic rings. The van der Waals surface area contributed by atoms with E-state index in [0.29, 0.717) is 0 Å². The Balaban J connectivity index is 1.94. The number of halogens is 1. The van der Waals surface area contributed by atoms with Crippen molar-refractivity contribution < 1.29 is 4.74 Å². The second-order valence-corrected chi connectivity index (χ2v) is 4.70. The highest BCUT2D eigenvalue weighted by Crippen LogP contribution is 2.17. The number of imidazole rings is 1. The Morgan fingerprint density at radius 2 is 2.11 bits per heavy atom. The highest BCUT2D eigenvalue weighted by molar-refractivity contribution is 9.10. The predicted molar refractivity (Wildman–Crippen MR) is 74.4 cm³/mol. The van der Waals surface area contributed by atoms with Gasteiger partial charge in [0.1, 0.15) is 5.75 Å². The van der Waals surface area contributed by atoms with E-state index in [9.17, 15) is 0 Å². The maximum Gasteiger partial charge on any atom is 0.177 e. The predicted octanol–water partition coefficient (Wildman–Crippen LogP) is 2.48. The minimum atomic E-state index is 0.771. The first kappa shape index (κ1) is 13.1. The maximum atomic E-state index is 5.31. The van der Waals surface area contributed by atoms with Crippen LogP contribution in [0.4, 0.5) is 0 Å². The lowest BCUT2D eigenvalue weighted by molar-refractivity contribution is 0.407. The second kappa shape index (κ2) is 6.02.